The topological polar surface area (TPSA) is 38.3 Å². The molecule has 1 amide bonds. The van der Waals surface area contributed by atoms with Crippen molar-refractivity contribution in [3.63, 3.8) is 0 Å². The Bertz CT molecular complexity index is 297. The van der Waals surface area contributed by atoms with Crippen LogP contribution in [0.4, 0.5) is 5.69 Å². The average Bonchev–Trinajstić information content (AvgIpc) is 2.11. The number of para-hydroxylation sites is 1. The maximum absolute atomic E-state index is 10.3. The first kappa shape index (κ1) is 9.58. The van der Waals surface area contributed by atoms with E-state index in [1.807, 2.05) is 32.0 Å². The van der Waals surface area contributed by atoms with Gasteiger partial charge in [0, 0.05) is 0 Å². The summed E-state index contributed by atoms with van der Waals surface area (Å²) in [6.07, 6.45) is 0.658. The minimum atomic E-state index is 0.594. The molecule has 0 aromatic heterocycles. The van der Waals surface area contributed by atoms with E-state index in [4.69, 9.17) is 4.74 Å². The number of carbonyl (C=O) groups is 1. The van der Waals surface area contributed by atoms with Gasteiger partial charge in [0.05, 0.1) is 12.3 Å². The lowest BCUT2D eigenvalue weighted by molar-refractivity contribution is -0.105. The van der Waals surface area contributed by atoms with Crippen LogP contribution in [0.1, 0.15) is 12.5 Å². The van der Waals surface area contributed by atoms with Crippen molar-refractivity contribution in [2.24, 2.45) is 0 Å². The summed E-state index contributed by atoms with van der Waals surface area (Å²) in [5, 5.41) is 2.62. The molecule has 1 aromatic rings. The second-order valence-corrected chi connectivity index (χ2v) is 2.64. The van der Waals surface area contributed by atoms with Crippen molar-refractivity contribution in [2.75, 3.05) is 11.9 Å². The number of aryl methyl sites for hydroxylation is 1. The summed E-state index contributed by atoms with van der Waals surface area (Å²) in [5.41, 5.74) is 1.75. The molecule has 1 rings (SSSR count). The van der Waals surface area contributed by atoms with E-state index in [0.717, 1.165) is 17.0 Å². The zero-order chi connectivity index (χ0) is 9.68. The molecular formula is C10H13NO2. The second-order valence-electron chi connectivity index (χ2n) is 2.64. The summed E-state index contributed by atoms with van der Waals surface area (Å²) >= 11 is 0. The Balaban J connectivity index is 3.01. The van der Waals surface area contributed by atoms with Gasteiger partial charge in [-0.3, -0.25) is 4.79 Å². The molecule has 0 aliphatic rings. The highest BCUT2D eigenvalue weighted by Crippen LogP contribution is 2.27. The monoisotopic (exact) mass is 179 g/mol. The molecule has 0 heterocycles. The predicted octanol–water partition coefficient (Wildman–Crippen LogP) is 1.96. The third kappa shape index (κ3) is 2.21. The molecule has 0 atom stereocenters. The highest BCUT2D eigenvalue weighted by Gasteiger charge is 2.04. The van der Waals surface area contributed by atoms with Crippen LogP contribution in [0.25, 0.3) is 0 Å². The molecule has 0 bridgehead atoms. The molecule has 0 spiro atoms. The molecule has 13 heavy (non-hydrogen) atoms. The number of benzene rings is 1. The normalized spacial score (nSPS) is 9.38. The molecule has 1 aromatic carbocycles. The number of ether oxygens (including phenoxy) is 1. The summed E-state index contributed by atoms with van der Waals surface area (Å²) in [6, 6.07) is 5.66. The molecule has 0 saturated heterocycles. The number of carbonyl (C=O) groups excluding carboxylic acids is 1. The molecule has 0 unspecified atom stereocenters. The van der Waals surface area contributed by atoms with E-state index in [9.17, 15) is 4.79 Å². The van der Waals surface area contributed by atoms with Crippen LogP contribution in [-0.4, -0.2) is 13.0 Å². The first-order valence-electron chi connectivity index (χ1n) is 4.22. The molecule has 1 N–H and O–H groups in total. The third-order valence-electron chi connectivity index (χ3n) is 1.74. The summed E-state index contributed by atoms with van der Waals surface area (Å²) in [6.45, 7) is 4.43. The Morgan fingerprint density at radius 2 is 2.31 bits per heavy atom. The minimum Gasteiger partial charge on any atom is -0.492 e. The highest BCUT2D eigenvalue weighted by molar-refractivity contribution is 5.77. The van der Waals surface area contributed by atoms with Gasteiger partial charge in [0.1, 0.15) is 5.75 Å². The zero-order valence-electron chi connectivity index (χ0n) is 7.83. The fourth-order valence-electron chi connectivity index (χ4n) is 1.16. The third-order valence-corrected chi connectivity index (χ3v) is 1.74. The van der Waals surface area contributed by atoms with Crippen LogP contribution in [-0.2, 0) is 4.79 Å². The van der Waals surface area contributed by atoms with E-state index in [2.05, 4.69) is 5.32 Å². The SMILES string of the molecule is CCOc1cccc(C)c1NC=O. The number of anilines is 1. The average molecular weight is 179 g/mol. The first-order valence-corrected chi connectivity index (χ1v) is 4.22. The van der Waals surface area contributed by atoms with E-state index in [-0.39, 0.29) is 0 Å². The van der Waals surface area contributed by atoms with E-state index in [0.29, 0.717) is 13.0 Å². The van der Waals surface area contributed by atoms with Gasteiger partial charge in [-0.05, 0) is 25.5 Å². The molecule has 0 radical (unpaired) electrons. The van der Waals surface area contributed by atoms with Crippen molar-refractivity contribution >= 4 is 12.1 Å². The van der Waals surface area contributed by atoms with Crippen LogP contribution in [0.15, 0.2) is 18.2 Å². The first-order chi connectivity index (χ1) is 6.29. The van der Waals surface area contributed by atoms with Gasteiger partial charge in [-0.2, -0.15) is 0 Å². The molecule has 0 saturated carbocycles. The minimum absolute atomic E-state index is 0.594. The molecule has 70 valence electrons. The van der Waals surface area contributed by atoms with Crippen LogP contribution in [0.5, 0.6) is 5.75 Å². The van der Waals surface area contributed by atoms with Gasteiger partial charge in [-0.25, -0.2) is 0 Å². The van der Waals surface area contributed by atoms with Crippen molar-refractivity contribution in [3.05, 3.63) is 23.8 Å². The van der Waals surface area contributed by atoms with E-state index in [1.165, 1.54) is 0 Å². The van der Waals surface area contributed by atoms with Gasteiger partial charge in [0.15, 0.2) is 0 Å². The lowest BCUT2D eigenvalue weighted by atomic mass is 10.2. The Morgan fingerprint density at radius 3 is 2.92 bits per heavy atom. The van der Waals surface area contributed by atoms with Gasteiger partial charge >= 0.3 is 0 Å². The van der Waals surface area contributed by atoms with E-state index >= 15 is 0 Å². The zero-order valence-corrected chi connectivity index (χ0v) is 7.83. The number of hydrogen-bond acceptors (Lipinski definition) is 2. The van der Waals surface area contributed by atoms with Crippen LogP contribution in [0.3, 0.4) is 0 Å². The lowest BCUT2D eigenvalue weighted by Crippen LogP contribution is -2.01. The van der Waals surface area contributed by atoms with Crippen LogP contribution < -0.4 is 10.1 Å². The van der Waals surface area contributed by atoms with Crippen molar-refractivity contribution in [2.45, 2.75) is 13.8 Å². The number of hydrogen-bond donors (Lipinski definition) is 1. The van der Waals surface area contributed by atoms with Crippen LogP contribution in [0, 0.1) is 6.92 Å². The maximum atomic E-state index is 10.3. The van der Waals surface area contributed by atoms with Crippen molar-refractivity contribution in [3.8, 4) is 5.75 Å². The number of nitrogens with one attached hydrogen (secondary N) is 1. The van der Waals surface area contributed by atoms with Gasteiger partial charge < -0.3 is 10.1 Å². The molecular weight excluding hydrogens is 166 g/mol. The molecule has 0 aliphatic heterocycles. The van der Waals surface area contributed by atoms with Crippen molar-refractivity contribution < 1.29 is 9.53 Å². The fraction of sp³-hybridized carbons (Fsp3) is 0.300. The molecule has 0 fully saturated rings. The van der Waals surface area contributed by atoms with Crippen LogP contribution >= 0.6 is 0 Å². The summed E-state index contributed by atoms with van der Waals surface area (Å²) in [4.78, 5) is 10.3. The fourth-order valence-corrected chi connectivity index (χ4v) is 1.16. The molecule has 0 aliphatic carbocycles. The summed E-state index contributed by atoms with van der Waals surface area (Å²) in [7, 11) is 0. The standard InChI is InChI=1S/C10H13NO2/c1-3-13-9-6-4-5-8(2)10(9)11-7-12/h4-7H,3H2,1-2H3,(H,11,12). The Hall–Kier alpha value is -1.51. The Morgan fingerprint density at radius 1 is 1.54 bits per heavy atom. The van der Waals surface area contributed by atoms with Gasteiger partial charge in [-0.1, -0.05) is 12.1 Å². The van der Waals surface area contributed by atoms with Crippen molar-refractivity contribution in [1.82, 2.24) is 0 Å². The molecule has 3 heteroatoms. The summed E-state index contributed by atoms with van der Waals surface area (Å²) in [5.74, 6) is 0.717. The lowest BCUT2D eigenvalue weighted by Gasteiger charge is -2.10. The largest absolute Gasteiger partial charge is 0.492 e. The van der Waals surface area contributed by atoms with Crippen LogP contribution in [0.2, 0.25) is 0 Å². The van der Waals surface area contributed by atoms with Crippen molar-refractivity contribution in [1.29, 1.82) is 0 Å². The second kappa shape index (κ2) is 4.50. The smallest absolute Gasteiger partial charge is 0.211 e. The Labute approximate surface area is 77.7 Å². The maximum Gasteiger partial charge on any atom is 0.211 e. The van der Waals surface area contributed by atoms with E-state index < -0.39 is 0 Å². The number of rotatable bonds is 4. The van der Waals surface area contributed by atoms with Gasteiger partial charge in [0.2, 0.25) is 6.41 Å². The number of amides is 1. The van der Waals surface area contributed by atoms with Gasteiger partial charge in [-0.15, -0.1) is 0 Å². The van der Waals surface area contributed by atoms with E-state index in [1.54, 1.807) is 0 Å². The highest BCUT2D eigenvalue weighted by atomic mass is 16.5. The molecule has 3 nitrogen and oxygen atoms in total. The Kier molecular flexibility index (Phi) is 3.31. The van der Waals surface area contributed by atoms with Gasteiger partial charge in [0.25, 0.3) is 0 Å². The quantitative estimate of drug-likeness (QED) is 0.717. The summed E-state index contributed by atoms with van der Waals surface area (Å²) < 4.78 is 5.35. The predicted molar refractivity (Wildman–Crippen MR) is 52.0 cm³/mol.